The average Bonchev–Trinajstić information content (AvgIpc) is 3.50. The summed E-state index contributed by atoms with van der Waals surface area (Å²) in [5.41, 5.74) is 1.59. The Hall–Kier alpha value is -2.66. The molecule has 5 nitrogen and oxygen atoms in total. The van der Waals surface area contributed by atoms with Crippen molar-refractivity contribution in [2.75, 3.05) is 11.4 Å². The van der Waals surface area contributed by atoms with Crippen LogP contribution in [-0.2, 0) is 20.8 Å². The fourth-order valence-corrected chi connectivity index (χ4v) is 3.73. The van der Waals surface area contributed by atoms with Gasteiger partial charge in [0, 0.05) is 17.5 Å². The Bertz CT molecular complexity index is 894. The molecule has 2 fully saturated rings. The summed E-state index contributed by atoms with van der Waals surface area (Å²) in [6.07, 6.45) is 2.39. The lowest BCUT2D eigenvalue weighted by molar-refractivity contribution is -0.139. The molecule has 0 N–H and O–H groups in total. The number of nitrogens with zero attached hydrogens (tertiary/aromatic N) is 2. The number of anilines is 1. The van der Waals surface area contributed by atoms with Crippen LogP contribution in [0.4, 0.5) is 5.69 Å². The zero-order chi connectivity index (χ0) is 19.7. The van der Waals surface area contributed by atoms with E-state index in [1.807, 2.05) is 30.3 Å². The molecule has 28 heavy (non-hydrogen) atoms. The van der Waals surface area contributed by atoms with E-state index in [-0.39, 0.29) is 30.1 Å². The van der Waals surface area contributed by atoms with Gasteiger partial charge in [-0.15, -0.1) is 0 Å². The molecule has 1 atom stereocenters. The molecule has 0 spiro atoms. The van der Waals surface area contributed by atoms with E-state index in [9.17, 15) is 14.4 Å². The molecular formula is C22H21ClN2O3. The number of hydrogen-bond donors (Lipinski definition) is 0. The quantitative estimate of drug-likeness (QED) is 0.702. The van der Waals surface area contributed by atoms with Crippen molar-refractivity contribution >= 4 is 35.0 Å². The van der Waals surface area contributed by atoms with Crippen molar-refractivity contribution in [3.63, 3.8) is 0 Å². The van der Waals surface area contributed by atoms with Gasteiger partial charge in [0.1, 0.15) is 6.04 Å². The number of benzene rings is 2. The van der Waals surface area contributed by atoms with Crippen LogP contribution in [-0.4, -0.2) is 35.2 Å². The van der Waals surface area contributed by atoms with Crippen LogP contribution >= 0.6 is 11.6 Å². The van der Waals surface area contributed by atoms with E-state index in [0.717, 1.165) is 18.4 Å². The summed E-state index contributed by atoms with van der Waals surface area (Å²) in [4.78, 5) is 41.4. The topological polar surface area (TPSA) is 57.7 Å². The number of amides is 3. The zero-order valence-electron chi connectivity index (χ0n) is 15.4. The Morgan fingerprint density at radius 2 is 1.71 bits per heavy atom. The molecule has 6 heteroatoms. The van der Waals surface area contributed by atoms with Gasteiger partial charge in [-0.25, -0.2) is 4.90 Å². The normalized spacial score (nSPS) is 19.2. The molecule has 1 saturated carbocycles. The number of imide groups is 1. The van der Waals surface area contributed by atoms with Crippen molar-refractivity contribution in [1.29, 1.82) is 0 Å². The smallest absolute Gasteiger partial charge is 0.257 e. The summed E-state index contributed by atoms with van der Waals surface area (Å²) < 4.78 is 0. The second-order valence-electron chi connectivity index (χ2n) is 7.31. The fourth-order valence-electron chi connectivity index (χ4n) is 3.60. The monoisotopic (exact) mass is 396 g/mol. The maximum absolute atomic E-state index is 13.1. The van der Waals surface area contributed by atoms with Crippen molar-refractivity contribution in [2.24, 2.45) is 5.92 Å². The molecule has 2 aromatic carbocycles. The summed E-state index contributed by atoms with van der Waals surface area (Å²) in [7, 11) is 0. The average molecular weight is 397 g/mol. The highest BCUT2D eigenvalue weighted by Gasteiger charge is 2.46. The highest BCUT2D eigenvalue weighted by atomic mass is 35.5. The van der Waals surface area contributed by atoms with E-state index in [1.165, 1.54) is 4.90 Å². The van der Waals surface area contributed by atoms with Gasteiger partial charge in [0.05, 0.1) is 12.1 Å². The summed E-state index contributed by atoms with van der Waals surface area (Å²) in [5, 5.41) is 0.535. The molecule has 1 aliphatic heterocycles. The van der Waals surface area contributed by atoms with Gasteiger partial charge in [-0.05, 0) is 49.1 Å². The van der Waals surface area contributed by atoms with Gasteiger partial charge >= 0.3 is 0 Å². The van der Waals surface area contributed by atoms with Crippen LogP contribution in [0.2, 0.25) is 5.02 Å². The summed E-state index contributed by atoms with van der Waals surface area (Å²) in [5.74, 6) is -0.650. The molecule has 1 saturated heterocycles. The van der Waals surface area contributed by atoms with Crippen molar-refractivity contribution in [2.45, 2.75) is 31.7 Å². The first-order chi connectivity index (χ1) is 13.5. The van der Waals surface area contributed by atoms with Crippen LogP contribution in [0.15, 0.2) is 54.6 Å². The van der Waals surface area contributed by atoms with Gasteiger partial charge < -0.3 is 4.90 Å². The molecule has 2 aromatic rings. The molecule has 144 valence electrons. The first-order valence-electron chi connectivity index (χ1n) is 9.51. The standard InChI is InChI=1S/C22H21ClN2O3/c23-17-8-10-18(11-9-17)25-20(26)14-19(22(25)28)24(21(27)16-6-7-16)13-12-15-4-2-1-3-5-15/h1-5,8-11,16,19H,6-7,12-14H2. The largest absolute Gasteiger partial charge is 0.330 e. The van der Waals surface area contributed by atoms with E-state index < -0.39 is 6.04 Å². The van der Waals surface area contributed by atoms with Gasteiger partial charge in [0.2, 0.25) is 11.8 Å². The van der Waals surface area contributed by atoms with Crippen LogP contribution in [0.1, 0.15) is 24.8 Å². The Kier molecular flexibility index (Phi) is 5.18. The minimum Gasteiger partial charge on any atom is -0.330 e. The van der Waals surface area contributed by atoms with E-state index in [1.54, 1.807) is 29.2 Å². The first kappa shape index (κ1) is 18.7. The van der Waals surface area contributed by atoms with Crippen molar-refractivity contribution in [3.8, 4) is 0 Å². The van der Waals surface area contributed by atoms with E-state index >= 15 is 0 Å². The molecule has 0 aromatic heterocycles. The van der Waals surface area contributed by atoms with Gasteiger partial charge in [-0.3, -0.25) is 14.4 Å². The van der Waals surface area contributed by atoms with E-state index in [0.29, 0.717) is 23.7 Å². The predicted octanol–water partition coefficient (Wildman–Crippen LogP) is 3.45. The molecular weight excluding hydrogens is 376 g/mol. The molecule has 1 unspecified atom stereocenters. The maximum Gasteiger partial charge on any atom is 0.257 e. The molecule has 2 aliphatic rings. The lowest BCUT2D eigenvalue weighted by Gasteiger charge is -2.28. The third-order valence-electron chi connectivity index (χ3n) is 5.28. The summed E-state index contributed by atoms with van der Waals surface area (Å²) in [6.45, 7) is 0.428. The molecule has 1 aliphatic carbocycles. The van der Waals surface area contributed by atoms with Crippen LogP contribution in [0.25, 0.3) is 0 Å². The highest BCUT2D eigenvalue weighted by Crippen LogP contribution is 2.34. The lowest BCUT2D eigenvalue weighted by atomic mass is 10.1. The van der Waals surface area contributed by atoms with Gasteiger partial charge in [0.15, 0.2) is 0 Å². The molecule has 3 amide bonds. The third kappa shape index (κ3) is 3.80. The second kappa shape index (κ2) is 7.76. The van der Waals surface area contributed by atoms with Crippen LogP contribution < -0.4 is 4.90 Å². The number of halogens is 1. The second-order valence-corrected chi connectivity index (χ2v) is 7.74. The van der Waals surface area contributed by atoms with Gasteiger partial charge in [-0.1, -0.05) is 41.9 Å². The number of hydrogen-bond acceptors (Lipinski definition) is 3. The van der Waals surface area contributed by atoms with Crippen LogP contribution in [0.5, 0.6) is 0 Å². The Balaban J connectivity index is 1.55. The van der Waals surface area contributed by atoms with Crippen LogP contribution in [0.3, 0.4) is 0 Å². The van der Waals surface area contributed by atoms with E-state index in [2.05, 4.69) is 0 Å². The predicted molar refractivity (Wildman–Crippen MR) is 107 cm³/mol. The lowest BCUT2D eigenvalue weighted by Crippen LogP contribution is -2.47. The molecule has 0 bridgehead atoms. The number of carbonyl (C=O) groups is 3. The summed E-state index contributed by atoms with van der Waals surface area (Å²) >= 11 is 5.91. The van der Waals surface area contributed by atoms with Gasteiger partial charge in [-0.2, -0.15) is 0 Å². The summed E-state index contributed by atoms with van der Waals surface area (Å²) in [6, 6.07) is 15.7. The molecule has 0 radical (unpaired) electrons. The van der Waals surface area contributed by atoms with Gasteiger partial charge in [0.25, 0.3) is 5.91 Å². The van der Waals surface area contributed by atoms with E-state index in [4.69, 9.17) is 11.6 Å². The van der Waals surface area contributed by atoms with Crippen molar-refractivity contribution in [1.82, 2.24) is 4.90 Å². The Morgan fingerprint density at radius 1 is 1.04 bits per heavy atom. The minimum absolute atomic E-state index is 0.0109. The Morgan fingerprint density at radius 3 is 2.36 bits per heavy atom. The fraction of sp³-hybridized carbons (Fsp3) is 0.318. The molecule has 1 heterocycles. The third-order valence-corrected chi connectivity index (χ3v) is 5.53. The first-order valence-corrected chi connectivity index (χ1v) is 9.89. The zero-order valence-corrected chi connectivity index (χ0v) is 16.1. The Labute approximate surface area is 168 Å². The maximum atomic E-state index is 13.1. The molecule has 4 rings (SSSR count). The minimum atomic E-state index is -0.736. The van der Waals surface area contributed by atoms with Crippen molar-refractivity contribution < 1.29 is 14.4 Å². The highest BCUT2D eigenvalue weighted by molar-refractivity contribution is 6.30. The van der Waals surface area contributed by atoms with Crippen molar-refractivity contribution in [3.05, 3.63) is 65.2 Å². The number of rotatable bonds is 6. The number of carbonyl (C=O) groups excluding carboxylic acids is 3. The SMILES string of the molecule is O=C1CC(N(CCc2ccccc2)C(=O)C2CC2)C(=O)N1c1ccc(Cl)cc1. The van der Waals surface area contributed by atoms with Crippen LogP contribution in [0, 0.1) is 5.92 Å².